The van der Waals surface area contributed by atoms with E-state index < -0.39 is 37.2 Å². The Morgan fingerprint density at radius 1 is 1.18 bits per heavy atom. The molecule has 1 aliphatic rings. The Labute approximate surface area is 235 Å². The summed E-state index contributed by atoms with van der Waals surface area (Å²) in [7, 11) is 1.57. The molecule has 2 aromatic carbocycles. The summed E-state index contributed by atoms with van der Waals surface area (Å²) in [6, 6.07) is 5.62. The highest BCUT2D eigenvalue weighted by Gasteiger charge is 2.29. The van der Waals surface area contributed by atoms with Gasteiger partial charge in [-0.1, -0.05) is 29.3 Å². The molecule has 0 spiro atoms. The second-order valence-electron chi connectivity index (χ2n) is 9.28. The lowest BCUT2D eigenvalue weighted by molar-refractivity contribution is -0.123. The van der Waals surface area contributed by atoms with Crippen LogP contribution in [0.1, 0.15) is 35.2 Å². The number of imidazole rings is 1. The topological polar surface area (TPSA) is 97.3 Å². The lowest BCUT2D eigenvalue weighted by atomic mass is 10.1. The van der Waals surface area contributed by atoms with Crippen LogP contribution in [0, 0.1) is 5.92 Å². The van der Waals surface area contributed by atoms with Crippen molar-refractivity contribution >= 4 is 57.7 Å². The molecule has 1 saturated carbocycles. The van der Waals surface area contributed by atoms with Crippen LogP contribution in [0.15, 0.2) is 24.3 Å². The molecule has 1 fully saturated rings. The zero-order chi connectivity index (χ0) is 29.2. The maximum absolute atomic E-state index is 12.8. The van der Waals surface area contributed by atoms with Crippen molar-refractivity contribution in [2.24, 2.45) is 13.0 Å². The second kappa shape index (κ2) is 12.0. The van der Waals surface area contributed by atoms with Crippen molar-refractivity contribution in [2.75, 3.05) is 18.5 Å². The first-order valence-corrected chi connectivity index (χ1v) is 12.8. The highest BCUT2D eigenvalue weighted by molar-refractivity contribution is 6.39. The monoisotopic (exact) mass is 607 g/mol. The average Bonchev–Trinajstić information content (AvgIpc) is 3.64. The predicted octanol–water partition coefficient (Wildman–Crippen LogP) is 5.98. The minimum Gasteiger partial charge on any atom is -0.487 e. The molecule has 1 heterocycles. The molecule has 2 amide bonds. The number of carbonyl (C=O) groups excluding carboxylic acids is 2. The number of aryl methyl sites for hydroxylation is 1. The van der Waals surface area contributed by atoms with Crippen LogP contribution >= 0.6 is 23.2 Å². The van der Waals surface area contributed by atoms with Gasteiger partial charge in [0.1, 0.15) is 18.9 Å². The van der Waals surface area contributed by atoms with Gasteiger partial charge in [-0.3, -0.25) is 9.59 Å². The lowest BCUT2D eigenvalue weighted by Gasteiger charge is -2.14. The van der Waals surface area contributed by atoms with E-state index >= 15 is 0 Å². The maximum atomic E-state index is 12.8. The molecule has 3 aromatic rings. The van der Waals surface area contributed by atoms with Crippen LogP contribution < -0.4 is 20.7 Å². The van der Waals surface area contributed by atoms with E-state index in [2.05, 4.69) is 15.6 Å². The van der Waals surface area contributed by atoms with Crippen LogP contribution in [0.3, 0.4) is 0 Å². The highest BCUT2D eigenvalue weighted by Crippen LogP contribution is 2.37. The van der Waals surface area contributed by atoms with Crippen LogP contribution in [0.5, 0.6) is 5.75 Å². The number of fused-ring (bicyclic) bond motifs is 1. The maximum Gasteiger partial charge on any atom is 0.405 e. The summed E-state index contributed by atoms with van der Waals surface area (Å²) in [4.78, 5) is 29.0. The quantitative estimate of drug-likeness (QED) is 0.233. The number of hydrogen-bond donors (Lipinski definition) is 3. The SMILES string of the molecule is Cn1c(Nc2c(Cl)ccc(CNC(=O)CC3CC3)c2Cl)nc2cc(C(=O)NCC(F)(F)F)c(OCC(F)F)cc21. The molecule has 0 saturated heterocycles. The molecule has 40 heavy (non-hydrogen) atoms. The van der Waals surface area contributed by atoms with E-state index in [1.54, 1.807) is 24.5 Å². The Bertz CT molecular complexity index is 1430. The van der Waals surface area contributed by atoms with Gasteiger partial charge < -0.3 is 25.3 Å². The second-order valence-corrected chi connectivity index (χ2v) is 10.1. The number of halogens is 7. The van der Waals surface area contributed by atoms with Gasteiger partial charge in [0, 0.05) is 26.1 Å². The van der Waals surface area contributed by atoms with Crippen LogP contribution in [0.2, 0.25) is 10.0 Å². The smallest absolute Gasteiger partial charge is 0.405 e. The standard InChI is InChI=1S/C25H24Cl2F5N5O3/c1-37-17-8-18(40-10-19(28)29)14(23(39)34-11-25(30,31)32)7-16(17)35-24(37)36-22-15(26)5-4-13(21(22)27)9-33-20(38)6-12-2-3-12/h4-5,7-8,12,19H,2-3,6,9-11H2,1H3,(H,33,38)(H,34,39)(H,35,36). The predicted molar refractivity (Wildman–Crippen MR) is 140 cm³/mol. The van der Waals surface area contributed by atoms with Crippen molar-refractivity contribution in [3.63, 3.8) is 0 Å². The van der Waals surface area contributed by atoms with E-state index in [4.69, 9.17) is 27.9 Å². The summed E-state index contributed by atoms with van der Waals surface area (Å²) < 4.78 is 70.0. The number of alkyl halides is 5. The third-order valence-electron chi connectivity index (χ3n) is 6.10. The summed E-state index contributed by atoms with van der Waals surface area (Å²) in [6.45, 7) is -2.54. The molecule has 3 N–H and O–H groups in total. The number of ether oxygens (including phenoxy) is 1. The molecule has 0 radical (unpaired) electrons. The minimum absolute atomic E-state index is 0.0849. The van der Waals surface area contributed by atoms with Crippen molar-refractivity contribution < 1.29 is 36.3 Å². The number of hydrogen-bond acceptors (Lipinski definition) is 5. The van der Waals surface area contributed by atoms with E-state index in [-0.39, 0.29) is 45.4 Å². The van der Waals surface area contributed by atoms with Gasteiger partial charge in [0.2, 0.25) is 11.9 Å². The molecular formula is C25H24Cl2F5N5O3. The van der Waals surface area contributed by atoms with Crippen LogP contribution in [-0.4, -0.2) is 47.1 Å². The Kier molecular flexibility index (Phi) is 8.93. The van der Waals surface area contributed by atoms with Gasteiger partial charge in [-0.25, -0.2) is 13.8 Å². The number of rotatable bonds is 11. The number of amides is 2. The molecule has 15 heteroatoms. The molecule has 0 atom stereocenters. The molecule has 0 aliphatic heterocycles. The zero-order valence-corrected chi connectivity index (χ0v) is 22.5. The highest BCUT2D eigenvalue weighted by atomic mass is 35.5. The Hall–Kier alpha value is -3.32. The fourth-order valence-electron chi connectivity index (χ4n) is 3.86. The fraction of sp³-hybridized carbons (Fsp3) is 0.400. The number of benzene rings is 2. The van der Waals surface area contributed by atoms with E-state index in [1.165, 1.54) is 10.6 Å². The number of nitrogens with zero attached hydrogens (tertiary/aromatic N) is 2. The van der Waals surface area contributed by atoms with Gasteiger partial charge in [0.05, 0.1) is 32.3 Å². The lowest BCUT2D eigenvalue weighted by Crippen LogP contribution is -2.34. The van der Waals surface area contributed by atoms with Crippen molar-refractivity contribution in [3.8, 4) is 5.75 Å². The summed E-state index contributed by atoms with van der Waals surface area (Å²) in [5.41, 5.74) is 0.926. The number of anilines is 2. The van der Waals surface area contributed by atoms with Gasteiger partial charge in [0.25, 0.3) is 12.3 Å². The van der Waals surface area contributed by atoms with Crippen molar-refractivity contribution in [1.29, 1.82) is 0 Å². The van der Waals surface area contributed by atoms with Crippen LogP contribution in [-0.2, 0) is 18.4 Å². The average molecular weight is 608 g/mol. The Morgan fingerprint density at radius 3 is 2.55 bits per heavy atom. The molecule has 8 nitrogen and oxygen atoms in total. The van der Waals surface area contributed by atoms with E-state index in [0.29, 0.717) is 23.4 Å². The van der Waals surface area contributed by atoms with Crippen molar-refractivity contribution in [3.05, 3.63) is 45.4 Å². The molecule has 1 aliphatic carbocycles. The molecule has 4 rings (SSSR count). The molecule has 216 valence electrons. The largest absolute Gasteiger partial charge is 0.487 e. The normalized spacial score (nSPS) is 13.5. The van der Waals surface area contributed by atoms with Crippen LogP contribution in [0.25, 0.3) is 11.0 Å². The molecule has 0 bridgehead atoms. The van der Waals surface area contributed by atoms with Gasteiger partial charge in [0.15, 0.2) is 0 Å². The van der Waals surface area contributed by atoms with E-state index in [0.717, 1.165) is 18.9 Å². The zero-order valence-electron chi connectivity index (χ0n) is 21.0. The number of carbonyl (C=O) groups is 2. The Morgan fingerprint density at radius 2 is 1.90 bits per heavy atom. The number of nitrogens with one attached hydrogen (secondary N) is 3. The molecule has 1 aromatic heterocycles. The third-order valence-corrected chi connectivity index (χ3v) is 6.84. The first kappa shape index (κ1) is 29.7. The summed E-state index contributed by atoms with van der Waals surface area (Å²) in [5, 5.41) is 7.98. The van der Waals surface area contributed by atoms with Gasteiger partial charge in [-0.2, -0.15) is 13.2 Å². The van der Waals surface area contributed by atoms with Gasteiger partial charge in [-0.15, -0.1) is 0 Å². The van der Waals surface area contributed by atoms with Gasteiger partial charge in [-0.05, 0) is 36.5 Å². The first-order chi connectivity index (χ1) is 18.8. The van der Waals surface area contributed by atoms with Crippen LogP contribution in [0.4, 0.5) is 33.6 Å². The first-order valence-electron chi connectivity index (χ1n) is 12.1. The minimum atomic E-state index is -4.68. The third kappa shape index (κ3) is 7.45. The summed E-state index contributed by atoms with van der Waals surface area (Å²) >= 11 is 12.9. The summed E-state index contributed by atoms with van der Waals surface area (Å²) in [5.74, 6) is -1.01. The van der Waals surface area contributed by atoms with E-state index in [1.807, 2.05) is 0 Å². The van der Waals surface area contributed by atoms with Crippen molar-refractivity contribution in [2.45, 2.75) is 38.4 Å². The molecule has 0 unspecified atom stereocenters. The fourth-order valence-corrected chi connectivity index (χ4v) is 4.40. The molecular weight excluding hydrogens is 584 g/mol. The summed E-state index contributed by atoms with van der Waals surface area (Å²) in [6.07, 6.45) is -5.03. The van der Waals surface area contributed by atoms with E-state index in [9.17, 15) is 31.5 Å². The Balaban J connectivity index is 1.62. The van der Waals surface area contributed by atoms with Crippen molar-refractivity contribution in [1.82, 2.24) is 20.2 Å². The van der Waals surface area contributed by atoms with Gasteiger partial charge >= 0.3 is 6.18 Å². The number of aromatic nitrogens is 2.